The number of nitrogens with zero attached hydrogens (tertiary/aromatic N) is 6. The van der Waals surface area contributed by atoms with Gasteiger partial charge in [0.05, 0.1) is 11.7 Å². The van der Waals surface area contributed by atoms with Crippen LogP contribution in [0.5, 0.6) is 0 Å². The highest BCUT2D eigenvalue weighted by Crippen LogP contribution is 2.40. The molecule has 17 nitrogen and oxygen atoms in total. The van der Waals surface area contributed by atoms with Crippen LogP contribution in [-0.4, -0.2) is 79.2 Å². The summed E-state index contributed by atoms with van der Waals surface area (Å²) in [4.78, 5) is 48.2. The van der Waals surface area contributed by atoms with Crippen LogP contribution >= 0.6 is 34.6 Å². The molecule has 0 spiro atoms. The zero-order valence-corrected chi connectivity index (χ0v) is 24.4. The minimum atomic E-state index is -4.56. The molecular weight excluding hydrogens is 642 g/mol. The Bertz CT molecular complexity index is 1750. The molecule has 0 aromatic carbocycles. The van der Waals surface area contributed by atoms with Crippen molar-refractivity contribution < 1.29 is 46.3 Å². The van der Waals surface area contributed by atoms with Crippen molar-refractivity contribution in [3.05, 3.63) is 40.7 Å². The summed E-state index contributed by atoms with van der Waals surface area (Å²) < 4.78 is 54.0. The van der Waals surface area contributed by atoms with Gasteiger partial charge in [0.25, 0.3) is 24.5 Å². The molecule has 22 heteroatoms. The first-order valence-electron chi connectivity index (χ1n) is 11.7. The first-order chi connectivity index (χ1) is 19.9. The molecule has 0 aliphatic carbocycles. The number of aliphatic carboxylic acids is 1. The molecule has 224 valence electrons. The summed E-state index contributed by atoms with van der Waals surface area (Å²) in [5, 5.41) is 19.0. The van der Waals surface area contributed by atoms with Crippen LogP contribution < -0.4 is 25.4 Å². The maximum atomic E-state index is 13.1. The molecule has 0 unspecified atom stereocenters. The third-order valence-corrected chi connectivity index (χ3v) is 9.45. The van der Waals surface area contributed by atoms with Crippen molar-refractivity contribution >= 4 is 78.4 Å². The molecule has 2 aliphatic heterocycles. The number of halogens is 1. The van der Waals surface area contributed by atoms with Crippen molar-refractivity contribution in [2.24, 2.45) is 5.16 Å². The molecule has 3 aromatic heterocycles. The zero-order valence-electron chi connectivity index (χ0n) is 21.2. The summed E-state index contributed by atoms with van der Waals surface area (Å²) in [5.74, 6) is -3.10. The highest BCUT2D eigenvalue weighted by molar-refractivity contribution is 8.00. The van der Waals surface area contributed by atoms with Gasteiger partial charge in [0.2, 0.25) is 16.4 Å². The van der Waals surface area contributed by atoms with Crippen LogP contribution in [0.15, 0.2) is 34.2 Å². The van der Waals surface area contributed by atoms with E-state index in [-0.39, 0.29) is 29.0 Å². The lowest BCUT2D eigenvalue weighted by molar-refractivity contribution is -0.696. The van der Waals surface area contributed by atoms with Gasteiger partial charge in [-0.1, -0.05) is 16.5 Å². The maximum absolute atomic E-state index is 13.1. The van der Waals surface area contributed by atoms with Gasteiger partial charge in [-0.2, -0.15) is 26.9 Å². The highest BCUT2D eigenvalue weighted by Gasteiger charge is 2.53. The fourth-order valence-electron chi connectivity index (χ4n) is 4.58. The number of nitrogens with one attached hydrogen (secondary N) is 2. The van der Waals surface area contributed by atoms with Gasteiger partial charge in [-0.3, -0.25) is 19.0 Å². The van der Waals surface area contributed by atoms with Gasteiger partial charge in [0.1, 0.15) is 36.4 Å². The number of oxime groups is 1. The fraction of sp³-hybridized carbons (Fsp3) is 0.350. The number of carboxylic acid groups (broad SMARTS) is 1. The van der Waals surface area contributed by atoms with Crippen molar-refractivity contribution in [3.8, 4) is 0 Å². The van der Waals surface area contributed by atoms with Crippen LogP contribution in [0.1, 0.15) is 24.6 Å². The number of thioether (sulfide) groups is 1. The molecule has 2 amide bonds. The Labute approximate surface area is 247 Å². The SMILES string of the molecule is C[C@@H](NS(=O)(=O)O)c1n2ccsc2c[n+]1CC1=C(C(=O)[O-])N2C(=O)[C@@H](NC(=O)/C(=N\OCF)c3nsc(N)n3)[C@H]2SC1. The molecule has 1 saturated heterocycles. The smallest absolute Gasteiger partial charge is 0.334 e. The fourth-order valence-corrected chi connectivity index (χ4v) is 7.68. The lowest BCUT2D eigenvalue weighted by Crippen LogP contribution is -2.71. The number of β-lactam (4-membered cyclic amide) rings is 1. The number of anilines is 1. The van der Waals surface area contributed by atoms with E-state index in [9.17, 15) is 36.9 Å². The summed E-state index contributed by atoms with van der Waals surface area (Å²) in [6.07, 6.45) is 3.37. The number of hydrogen-bond acceptors (Lipinski definition) is 14. The third-order valence-electron chi connectivity index (χ3n) is 6.12. The Kier molecular flexibility index (Phi) is 8.17. The van der Waals surface area contributed by atoms with Gasteiger partial charge < -0.3 is 25.8 Å². The number of carbonyl (C=O) groups excluding carboxylic acids is 3. The largest absolute Gasteiger partial charge is 0.543 e. The number of amides is 2. The number of rotatable bonds is 11. The predicted molar refractivity (Wildman–Crippen MR) is 144 cm³/mol. The summed E-state index contributed by atoms with van der Waals surface area (Å²) in [6.45, 7) is 0.0957. The van der Waals surface area contributed by atoms with E-state index in [0.717, 1.165) is 16.4 Å². The molecule has 5 N–H and O–H groups in total. The summed E-state index contributed by atoms with van der Waals surface area (Å²) >= 11 is 3.27. The van der Waals surface area contributed by atoms with E-state index in [1.54, 1.807) is 26.7 Å². The molecule has 2 aliphatic rings. The van der Waals surface area contributed by atoms with Crippen LogP contribution in [0.4, 0.5) is 9.52 Å². The number of nitrogen functional groups attached to an aromatic ring is 1. The second-order valence-corrected chi connectivity index (χ2v) is 12.8. The molecule has 0 saturated carbocycles. The number of nitrogens with two attached hydrogens (primary N) is 1. The normalized spacial score (nSPS) is 19.9. The van der Waals surface area contributed by atoms with E-state index < -0.39 is 58.1 Å². The standard InChI is InChI=1S/C20H20FN9O8S4/c1-8(27-42(35,36)37)16-28(5-10-29(16)2-3-39-10)4-9-6-40-18-12(17(32)30(18)13(9)19(33)34)23-15(31)11(25-38-7-21)14-24-20(22)41-26-14/h2-3,5,8,12,18,27H,4,6-7H2,1H3,(H4-,22,23,24,26,31,33,34,35,36,37)/b25-11-/t8-,12-,18-/m1/s1. The summed E-state index contributed by atoms with van der Waals surface area (Å²) in [5.41, 5.74) is 4.91. The Morgan fingerprint density at radius 2 is 2.21 bits per heavy atom. The van der Waals surface area contributed by atoms with Crippen molar-refractivity contribution in [3.63, 3.8) is 0 Å². The third kappa shape index (κ3) is 5.67. The average Bonchev–Trinajstić information content (AvgIpc) is 3.62. The van der Waals surface area contributed by atoms with Crippen molar-refractivity contribution in [1.29, 1.82) is 0 Å². The molecular formula is C20H20FN9O8S4. The molecule has 1 fully saturated rings. The Hall–Kier alpha value is -3.70. The molecule has 5 heterocycles. The number of imidazole rings is 1. The number of thiazole rings is 1. The minimum absolute atomic E-state index is 0.00278. The predicted octanol–water partition coefficient (Wildman–Crippen LogP) is -2.07. The second-order valence-electron chi connectivity index (χ2n) is 8.78. The summed E-state index contributed by atoms with van der Waals surface area (Å²) in [6, 6.07) is -2.09. The molecule has 42 heavy (non-hydrogen) atoms. The van der Waals surface area contributed by atoms with Gasteiger partial charge in [0, 0.05) is 28.2 Å². The van der Waals surface area contributed by atoms with Crippen LogP contribution in [-0.2, 0) is 36.1 Å². The number of hydrogen-bond donors (Lipinski definition) is 4. The zero-order chi connectivity index (χ0) is 30.3. The average molecular weight is 662 g/mol. The first kappa shape index (κ1) is 29.8. The number of carbonyl (C=O) groups is 3. The van der Waals surface area contributed by atoms with E-state index in [0.29, 0.717) is 16.2 Å². The topological polar surface area (TPSA) is 238 Å². The van der Waals surface area contributed by atoms with Crippen LogP contribution in [0.25, 0.3) is 4.83 Å². The van der Waals surface area contributed by atoms with E-state index >= 15 is 0 Å². The number of fused-ring (bicyclic) bond motifs is 2. The highest BCUT2D eigenvalue weighted by atomic mass is 32.2. The van der Waals surface area contributed by atoms with Crippen LogP contribution in [0.3, 0.4) is 0 Å². The number of aromatic nitrogens is 4. The molecule has 3 aromatic rings. The van der Waals surface area contributed by atoms with E-state index in [4.69, 9.17) is 5.73 Å². The lowest BCUT2D eigenvalue weighted by atomic mass is 10.0. The van der Waals surface area contributed by atoms with Gasteiger partial charge in [-0.25, -0.2) is 8.96 Å². The van der Waals surface area contributed by atoms with Gasteiger partial charge in [0.15, 0.2) is 5.13 Å². The maximum Gasteiger partial charge on any atom is 0.334 e. The Balaban J connectivity index is 1.40. The number of carboxylic acids is 1. The van der Waals surface area contributed by atoms with Crippen LogP contribution in [0.2, 0.25) is 0 Å². The first-order valence-corrected chi connectivity index (χ1v) is 15.8. The van der Waals surface area contributed by atoms with Crippen molar-refractivity contribution in [2.45, 2.75) is 30.9 Å². The molecule has 5 rings (SSSR count). The monoisotopic (exact) mass is 661 g/mol. The van der Waals surface area contributed by atoms with E-state index in [1.807, 2.05) is 0 Å². The van der Waals surface area contributed by atoms with Gasteiger partial charge in [-0.15, -0.1) is 11.8 Å². The van der Waals surface area contributed by atoms with E-state index in [1.165, 1.54) is 30.0 Å². The van der Waals surface area contributed by atoms with Crippen molar-refractivity contribution in [1.82, 2.24) is 28.7 Å². The quantitative estimate of drug-likeness (QED) is 0.0570. The summed E-state index contributed by atoms with van der Waals surface area (Å²) in [7, 11) is -4.56. The second kappa shape index (κ2) is 11.5. The van der Waals surface area contributed by atoms with Crippen LogP contribution in [0, 0.1) is 0 Å². The van der Waals surface area contributed by atoms with E-state index in [2.05, 4.69) is 29.4 Å². The minimum Gasteiger partial charge on any atom is -0.543 e. The lowest BCUT2D eigenvalue weighted by Gasteiger charge is -2.50. The van der Waals surface area contributed by atoms with Gasteiger partial charge in [-0.05, 0) is 6.92 Å². The molecule has 0 radical (unpaired) electrons. The van der Waals surface area contributed by atoms with Crippen molar-refractivity contribution in [2.75, 3.05) is 18.3 Å². The Morgan fingerprint density at radius 1 is 1.45 bits per heavy atom. The molecule has 3 atom stereocenters. The molecule has 0 bridgehead atoms. The van der Waals surface area contributed by atoms with Gasteiger partial charge >= 0.3 is 10.3 Å². The Morgan fingerprint density at radius 3 is 2.86 bits per heavy atom. The number of alkyl halides is 1.